The van der Waals surface area contributed by atoms with Crippen LogP contribution in [0.1, 0.15) is 29.0 Å². The SMILES string of the molecule is Cc1nc2cccnc2n1-c1ccc(C(=O)N2CCC3(CC2)OCCO3)cc1. The van der Waals surface area contributed by atoms with E-state index in [0.717, 1.165) is 35.5 Å². The molecular formula is C21H22N4O3. The van der Waals surface area contributed by atoms with Crippen molar-refractivity contribution >= 4 is 17.1 Å². The summed E-state index contributed by atoms with van der Waals surface area (Å²) < 4.78 is 13.5. The molecule has 0 radical (unpaired) electrons. The van der Waals surface area contributed by atoms with E-state index in [2.05, 4.69) is 9.97 Å². The number of rotatable bonds is 2. The fourth-order valence-electron chi connectivity index (χ4n) is 4.11. The molecule has 5 rings (SSSR count). The second-order valence-electron chi connectivity index (χ2n) is 7.29. The van der Waals surface area contributed by atoms with Crippen LogP contribution in [0.2, 0.25) is 0 Å². The molecule has 7 nitrogen and oxygen atoms in total. The Labute approximate surface area is 162 Å². The standard InChI is InChI=1S/C21H22N4O3/c1-15-23-18-3-2-10-22-19(18)25(15)17-6-4-16(5-7-17)20(26)24-11-8-21(9-12-24)27-13-14-28-21/h2-7,10H,8-9,11-14H2,1H3. The second-order valence-corrected chi connectivity index (χ2v) is 7.29. The van der Waals surface area contributed by atoms with Crippen LogP contribution in [-0.4, -0.2) is 57.4 Å². The molecular weight excluding hydrogens is 356 g/mol. The van der Waals surface area contributed by atoms with Crippen LogP contribution in [0.5, 0.6) is 0 Å². The maximum atomic E-state index is 12.9. The lowest BCUT2D eigenvalue weighted by Crippen LogP contribution is -2.47. The van der Waals surface area contributed by atoms with Crippen molar-refractivity contribution in [3.63, 3.8) is 0 Å². The lowest BCUT2D eigenvalue weighted by molar-refractivity contribution is -0.181. The number of aromatic nitrogens is 3. The van der Waals surface area contributed by atoms with Gasteiger partial charge < -0.3 is 14.4 Å². The van der Waals surface area contributed by atoms with Gasteiger partial charge in [0.2, 0.25) is 0 Å². The minimum absolute atomic E-state index is 0.0460. The van der Waals surface area contributed by atoms with Crippen molar-refractivity contribution in [1.82, 2.24) is 19.4 Å². The number of benzene rings is 1. The van der Waals surface area contributed by atoms with Gasteiger partial charge in [-0.3, -0.25) is 9.36 Å². The molecule has 1 aromatic carbocycles. The van der Waals surface area contributed by atoms with E-state index in [0.29, 0.717) is 31.9 Å². The van der Waals surface area contributed by atoms with Crippen molar-refractivity contribution in [3.8, 4) is 5.69 Å². The maximum Gasteiger partial charge on any atom is 0.253 e. The van der Waals surface area contributed by atoms with Gasteiger partial charge in [-0.15, -0.1) is 0 Å². The Morgan fingerprint density at radius 2 is 1.79 bits per heavy atom. The Bertz CT molecular complexity index is 1010. The highest BCUT2D eigenvalue weighted by Gasteiger charge is 2.40. The molecule has 0 bridgehead atoms. The number of fused-ring (bicyclic) bond motifs is 1. The molecule has 0 unspecified atom stereocenters. The average molecular weight is 378 g/mol. The normalized spacial score (nSPS) is 18.8. The number of imidazole rings is 1. The number of carbonyl (C=O) groups excluding carboxylic acids is 1. The zero-order valence-corrected chi connectivity index (χ0v) is 15.8. The third-order valence-electron chi connectivity index (χ3n) is 5.58. The van der Waals surface area contributed by atoms with Crippen molar-refractivity contribution in [3.05, 3.63) is 54.0 Å². The van der Waals surface area contributed by atoms with Gasteiger partial charge in [-0.25, -0.2) is 9.97 Å². The first-order chi connectivity index (χ1) is 13.7. The van der Waals surface area contributed by atoms with Gasteiger partial charge in [0.05, 0.1) is 13.2 Å². The minimum Gasteiger partial charge on any atom is -0.347 e. The lowest BCUT2D eigenvalue weighted by atomic mass is 10.0. The summed E-state index contributed by atoms with van der Waals surface area (Å²) in [4.78, 5) is 23.8. The van der Waals surface area contributed by atoms with Crippen LogP contribution in [-0.2, 0) is 9.47 Å². The molecule has 4 heterocycles. The van der Waals surface area contributed by atoms with E-state index in [9.17, 15) is 4.79 Å². The van der Waals surface area contributed by atoms with E-state index in [1.807, 2.05) is 52.8 Å². The van der Waals surface area contributed by atoms with Crippen molar-refractivity contribution in [2.75, 3.05) is 26.3 Å². The smallest absolute Gasteiger partial charge is 0.253 e. The number of hydrogen-bond acceptors (Lipinski definition) is 5. The Kier molecular flexibility index (Phi) is 4.14. The maximum absolute atomic E-state index is 12.9. The monoisotopic (exact) mass is 378 g/mol. The molecule has 2 aliphatic heterocycles. The molecule has 2 aliphatic rings. The molecule has 1 spiro atoms. The molecule has 28 heavy (non-hydrogen) atoms. The van der Waals surface area contributed by atoms with Crippen LogP contribution in [0.4, 0.5) is 0 Å². The Balaban J connectivity index is 1.35. The first kappa shape index (κ1) is 17.3. The molecule has 7 heteroatoms. The highest BCUT2D eigenvalue weighted by molar-refractivity contribution is 5.94. The number of aryl methyl sites for hydroxylation is 1. The van der Waals surface area contributed by atoms with E-state index in [-0.39, 0.29) is 5.91 Å². The Morgan fingerprint density at radius 3 is 2.50 bits per heavy atom. The molecule has 2 fully saturated rings. The average Bonchev–Trinajstić information content (AvgIpc) is 3.32. The topological polar surface area (TPSA) is 69.5 Å². The zero-order chi connectivity index (χ0) is 19.1. The van der Waals surface area contributed by atoms with Crippen LogP contribution in [0.3, 0.4) is 0 Å². The third kappa shape index (κ3) is 2.87. The largest absolute Gasteiger partial charge is 0.347 e. The van der Waals surface area contributed by atoms with E-state index < -0.39 is 5.79 Å². The number of hydrogen-bond donors (Lipinski definition) is 0. The van der Waals surface area contributed by atoms with Crippen molar-refractivity contribution < 1.29 is 14.3 Å². The first-order valence-electron chi connectivity index (χ1n) is 9.63. The van der Waals surface area contributed by atoms with Gasteiger partial charge in [0.15, 0.2) is 11.4 Å². The summed E-state index contributed by atoms with van der Waals surface area (Å²) >= 11 is 0. The van der Waals surface area contributed by atoms with Crippen LogP contribution >= 0.6 is 0 Å². The molecule has 0 N–H and O–H groups in total. The lowest BCUT2D eigenvalue weighted by Gasteiger charge is -2.37. The summed E-state index contributed by atoms with van der Waals surface area (Å²) in [7, 11) is 0. The number of ether oxygens (including phenoxy) is 2. The highest BCUT2D eigenvalue weighted by atomic mass is 16.7. The molecule has 2 aromatic heterocycles. The number of pyridine rings is 1. The van der Waals surface area contributed by atoms with Gasteiger partial charge in [-0.05, 0) is 43.3 Å². The second kappa shape index (κ2) is 6.68. The van der Waals surface area contributed by atoms with Crippen molar-refractivity contribution in [2.24, 2.45) is 0 Å². The predicted octanol–water partition coefficient (Wildman–Crippen LogP) is 2.71. The molecule has 0 saturated carbocycles. The fourth-order valence-corrected chi connectivity index (χ4v) is 4.11. The summed E-state index contributed by atoms with van der Waals surface area (Å²) in [6.45, 7) is 4.54. The van der Waals surface area contributed by atoms with E-state index >= 15 is 0 Å². The number of carbonyl (C=O) groups is 1. The van der Waals surface area contributed by atoms with Gasteiger partial charge in [0, 0.05) is 43.4 Å². The summed E-state index contributed by atoms with van der Waals surface area (Å²) in [6.07, 6.45) is 3.21. The van der Waals surface area contributed by atoms with Crippen LogP contribution in [0, 0.1) is 6.92 Å². The van der Waals surface area contributed by atoms with Gasteiger partial charge in [0.25, 0.3) is 5.91 Å². The zero-order valence-electron chi connectivity index (χ0n) is 15.8. The van der Waals surface area contributed by atoms with E-state index in [4.69, 9.17) is 9.47 Å². The molecule has 0 aliphatic carbocycles. The molecule has 0 atom stereocenters. The van der Waals surface area contributed by atoms with E-state index in [1.54, 1.807) is 6.20 Å². The Hall–Kier alpha value is -2.77. The molecule has 2 saturated heterocycles. The molecule has 1 amide bonds. The van der Waals surface area contributed by atoms with Gasteiger partial charge in [0.1, 0.15) is 11.3 Å². The number of likely N-dealkylation sites (tertiary alicyclic amines) is 1. The van der Waals surface area contributed by atoms with Crippen molar-refractivity contribution in [2.45, 2.75) is 25.6 Å². The fraction of sp³-hybridized carbons (Fsp3) is 0.381. The predicted molar refractivity (Wildman–Crippen MR) is 103 cm³/mol. The van der Waals surface area contributed by atoms with Crippen LogP contribution in [0.15, 0.2) is 42.6 Å². The summed E-state index contributed by atoms with van der Waals surface area (Å²) in [6, 6.07) is 11.5. The van der Waals surface area contributed by atoms with Gasteiger partial charge in [-0.2, -0.15) is 0 Å². The van der Waals surface area contributed by atoms with E-state index in [1.165, 1.54) is 0 Å². The van der Waals surface area contributed by atoms with Crippen LogP contribution < -0.4 is 0 Å². The van der Waals surface area contributed by atoms with Gasteiger partial charge >= 0.3 is 0 Å². The number of nitrogens with zero attached hydrogens (tertiary/aromatic N) is 4. The summed E-state index contributed by atoms with van der Waals surface area (Å²) in [5, 5.41) is 0. The van der Waals surface area contributed by atoms with Crippen molar-refractivity contribution in [1.29, 1.82) is 0 Å². The first-order valence-corrected chi connectivity index (χ1v) is 9.63. The molecule has 144 valence electrons. The van der Waals surface area contributed by atoms with Gasteiger partial charge in [-0.1, -0.05) is 0 Å². The number of amides is 1. The summed E-state index contributed by atoms with van der Waals surface area (Å²) in [5.74, 6) is 0.448. The third-order valence-corrected chi connectivity index (χ3v) is 5.58. The molecule has 3 aromatic rings. The van der Waals surface area contributed by atoms with Crippen LogP contribution in [0.25, 0.3) is 16.9 Å². The highest BCUT2D eigenvalue weighted by Crippen LogP contribution is 2.31. The summed E-state index contributed by atoms with van der Waals surface area (Å²) in [5.41, 5.74) is 3.30. The quantitative estimate of drug-likeness (QED) is 0.686. The number of piperidine rings is 1. The minimum atomic E-state index is -0.465. The Morgan fingerprint density at radius 1 is 1.07 bits per heavy atom.